The first-order valence-corrected chi connectivity index (χ1v) is 12.4. The van der Waals surface area contributed by atoms with Crippen LogP contribution in [-0.4, -0.2) is 59.7 Å². The number of unbranched alkanes of at least 4 members (excludes halogenated alkanes) is 2. The Morgan fingerprint density at radius 3 is 2.49 bits per heavy atom. The maximum absolute atomic E-state index is 13.1. The van der Waals surface area contributed by atoms with Crippen LogP contribution < -0.4 is 10.6 Å². The number of benzene rings is 1. The highest BCUT2D eigenvalue weighted by Crippen LogP contribution is 2.28. The Morgan fingerprint density at radius 2 is 1.86 bits per heavy atom. The number of carbonyl (C=O) groups is 5. The number of amides is 2. The quantitative estimate of drug-likeness (QED) is 0.193. The highest BCUT2D eigenvalue weighted by Gasteiger charge is 2.40. The van der Waals surface area contributed by atoms with E-state index in [-0.39, 0.29) is 17.9 Å². The molecular formula is C26H36N2O9. The molecule has 11 heteroatoms. The Balaban J connectivity index is 2.29. The number of nitrogens with one attached hydrogen (secondary N) is 2. The molecule has 11 nitrogen and oxygen atoms in total. The molecular weight excluding hydrogens is 484 g/mol. The second-order valence-corrected chi connectivity index (χ2v) is 9.34. The normalized spacial score (nSPS) is 22.1. The molecule has 0 saturated carbocycles. The number of ether oxygens (including phenoxy) is 3. The lowest BCUT2D eigenvalue weighted by Crippen LogP contribution is -2.49. The number of para-hydroxylation sites is 1. The highest BCUT2D eigenvalue weighted by atomic mass is 16.6. The summed E-state index contributed by atoms with van der Waals surface area (Å²) in [6, 6.07) is 2.75. The van der Waals surface area contributed by atoms with Crippen molar-refractivity contribution < 1.29 is 43.3 Å². The van der Waals surface area contributed by atoms with Gasteiger partial charge in [0.1, 0.15) is 18.8 Å². The van der Waals surface area contributed by atoms with E-state index in [1.165, 1.54) is 32.0 Å². The van der Waals surface area contributed by atoms with Gasteiger partial charge in [-0.2, -0.15) is 0 Å². The lowest BCUT2D eigenvalue weighted by Gasteiger charge is -2.26. The van der Waals surface area contributed by atoms with Crippen molar-refractivity contribution >= 4 is 35.4 Å². The Labute approximate surface area is 216 Å². The van der Waals surface area contributed by atoms with Crippen LogP contribution in [0, 0.1) is 11.8 Å². The van der Waals surface area contributed by atoms with Gasteiger partial charge in [0.25, 0.3) is 5.91 Å². The molecule has 1 aliphatic heterocycles. The number of phenols is 1. The van der Waals surface area contributed by atoms with E-state index in [0.29, 0.717) is 12.8 Å². The molecule has 1 heterocycles. The van der Waals surface area contributed by atoms with Crippen molar-refractivity contribution in [3.05, 3.63) is 23.8 Å². The fourth-order valence-electron chi connectivity index (χ4n) is 3.78. The Hall–Kier alpha value is -3.63. The number of cyclic esters (lactones) is 2. The number of hydrogen-bond acceptors (Lipinski definition) is 9. The number of carbonyl (C=O) groups excluding carboxylic acids is 5. The van der Waals surface area contributed by atoms with Crippen molar-refractivity contribution in [2.75, 3.05) is 11.9 Å². The lowest BCUT2D eigenvalue weighted by molar-refractivity contribution is -0.170. The molecule has 1 saturated heterocycles. The van der Waals surface area contributed by atoms with Crippen LogP contribution in [0.5, 0.6) is 5.75 Å². The van der Waals surface area contributed by atoms with Crippen molar-refractivity contribution in [1.29, 1.82) is 0 Å². The summed E-state index contributed by atoms with van der Waals surface area (Å²) < 4.78 is 16.4. The molecule has 204 valence electrons. The monoisotopic (exact) mass is 520 g/mol. The van der Waals surface area contributed by atoms with Gasteiger partial charge in [0.15, 0.2) is 11.8 Å². The molecule has 2 amide bonds. The van der Waals surface area contributed by atoms with E-state index in [2.05, 4.69) is 10.6 Å². The predicted octanol–water partition coefficient (Wildman–Crippen LogP) is 2.70. The number of anilines is 1. The van der Waals surface area contributed by atoms with Crippen molar-refractivity contribution in [2.45, 2.75) is 78.6 Å². The van der Waals surface area contributed by atoms with Crippen LogP contribution in [0.3, 0.4) is 0 Å². The summed E-state index contributed by atoms with van der Waals surface area (Å²) in [6.07, 6.45) is 0.643. The zero-order chi connectivity index (χ0) is 27.7. The third-order valence-electron chi connectivity index (χ3n) is 5.90. The predicted molar refractivity (Wildman–Crippen MR) is 133 cm³/mol. The van der Waals surface area contributed by atoms with Crippen molar-refractivity contribution in [1.82, 2.24) is 5.32 Å². The zero-order valence-corrected chi connectivity index (χ0v) is 21.9. The van der Waals surface area contributed by atoms with Gasteiger partial charge in [-0.25, -0.2) is 4.79 Å². The van der Waals surface area contributed by atoms with Gasteiger partial charge in [0, 0.05) is 6.92 Å². The van der Waals surface area contributed by atoms with Crippen molar-refractivity contribution in [3.63, 3.8) is 0 Å². The fourth-order valence-corrected chi connectivity index (χ4v) is 3.78. The van der Waals surface area contributed by atoms with Crippen LogP contribution >= 0.6 is 0 Å². The van der Waals surface area contributed by atoms with Crippen molar-refractivity contribution in [2.24, 2.45) is 11.8 Å². The summed E-state index contributed by atoms with van der Waals surface area (Å²) in [5.74, 6) is -5.21. The first-order valence-electron chi connectivity index (χ1n) is 12.4. The summed E-state index contributed by atoms with van der Waals surface area (Å²) >= 11 is 0. The minimum Gasteiger partial charge on any atom is -0.505 e. The number of phenolic OH excluding ortho intramolecular Hbond substituents is 1. The van der Waals surface area contributed by atoms with Crippen LogP contribution in [0.4, 0.5) is 5.69 Å². The summed E-state index contributed by atoms with van der Waals surface area (Å²) in [4.78, 5) is 62.7. The minimum absolute atomic E-state index is 0.0152. The van der Waals surface area contributed by atoms with Crippen LogP contribution in [-0.2, 0) is 33.4 Å². The van der Waals surface area contributed by atoms with Crippen LogP contribution in [0.1, 0.15) is 70.7 Å². The molecule has 2 rings (SSSR count). The average molecular weight is 521 g/mol. The fraction of sp³-hybridized carbons (Fsp3) is 0.577. The van der Waals surface area contributed by atoms with E-state index in [1.54, 1.807) is 13.8 Å². The van der Waals surface area contributed by atoms with Gasteiger partial charge in [-0.15, -0.1) is 0 Å². The molecule has 1 aromatic carbocycles. The Kier molecular flexibility index (Phi) is 10.9. The summed E-state index contributed by atoms with van der Waals surface area (Å²) in [5, 5.41) is 15.3. The summed E-state index contributed by atoms with van der Waals surface area (Å²) in [7, 11) is 0. The first kappa shape index (κ1) is 29.6. The van der Waals surface area contributed by atoms with Crippen LogP contribution in [0.25, 0.3) is 0 Å². The van der Waals surface area contributed by atoms with Gasteiger partial charge in [0.05, 0.1) is 23.1 Å². The van der Waals surface area contributed by atoms with Crippen LogP contribution in [0.2, 0.25) is 0 Å². The molecule has 4 unspecified atom stereocenters. The molecule has 37 heavy (non-hydrogen) atoms. The van der Waals surface area contributed by atoms with Gasteiger partial charge in [-0.3, -0.25) is 19.2 Å². The Morgan fingerprint density at radius 1 is 1.16 bits per heavy atom. The van der Waals surface area contributed by atoms with Gasteiger partial charge >= 0.3 is 17.9 Å². The lowest BCUT2D eigenvalue weighted by atomic mass is 9.95. The SMILES string of the molecule is CCCCCC1C(=O)OC(C)C(NC(=O)c2cccc(NC(C)=O)c2O)C(=O)OCC1OC(=O)C(C)C. The second-order valence-electron chi connectivity index (χ2n) is 9.34. The van der Waals surface area contributed by atoms with Gasteiger partial charge in [-0.05, 0) is 25.5 Å². The number of aromatic hydroxyl groups is 1. The van der Waals surface area contributed by atoms with E-state index in [1.807, 2.05) is 6.92 Å². The van der Waals surface area contributed by atoms with Crippen LogP contribution in [0.15, 0.2) is 18.2 Å². The minimum atomic E-state index is -1.41. The Bertz CT molecular complexity index is 1010. The molecule has 4 atom stereocenters. The standard InChI is InChI=1S/C26H36N2O9/c1-6-7-8-10-17-20(37-24(32)14(2)3)13-35-26(34)21(15(4)36-25(17)33)28-23(31)18-11-9-12-19(22(18)30)27-16(5)29/h9,11-12,14-15,17,20-21,30H,6-8,10,13H2,1-5H3,(H,27,29)(H,28,31). The highest BCUT2D eigenvalue weighted by molar-refractivity contribution is 6.02. The molecule has 1 aliphatic rings. The molecule has 3 N–H and O–H groups in total. The molecule has 1 aromatic rings. The molecule has 0 radical (unpaired) electrons. The van der Waals surface area contributed by atoms with E-state index >= 15 is 0 Å². The van der Waals surface area contributed by atoms with Gasteiger partial charge in [0.2, 0.25) is 5.91 Å². The van der Waals surface area contributed by atoms with E-state index in [4.69, 9.17) is 14.2 Å². The number of esters is 3. The van der Waals surface area contributed by atoms with E-state index in [9.17, 15) is 29.1 Å². The second kappa shape index (κ2) is 13.6. The van der Waals surface area contributed by atoms with E-state index in [0.717, 1.165) is 12.8 Å². The smallest absolute Gasteiger partial charge is 0.332 e. The largest absolute Gasteiger partial charge is 0.505 e. The maximum Gasteiger partial charge on any atom is 0.332 e. The average Bonchev–Trinajstić information content (AvgIpc) is 2.86. The summed E-state index contributed by atoms with van der Waals surface area (Å²) in [6.45, 7) is 7.61. The number of hydrogen-bond donors (Lipinski definition) is 3. The first-order chi connectivity index (χ1) is 17.5. The molecule has 1 fully saturated rings. The molecule has 0 bridgehead atoms. The third kappa shape index (κ3) is 8.19. The topological polar surface area (TPSA) is 157 Å². The van der Waals surface area contributed by atoms with Gasteiger partial charge < -0.3 is 30.0 Å². The maximum atomic E-state index is 13.1. The molecule has 0 aliphatic carbocycles. The third-order valence-corrected chi connectivity index (χ3v) is 5.90. The summed E-state index contributed by atoms with van der Waals surface area (Å²) in [5.41, 5.74) is -0.194. The van der Waals surface area contributed by atoms with Gasteiger partial charge in [-0.1, -0.05) is 46.1 Å². The van der Waals surface area contributed by atoms with E-state index < -0.39 is 65.6 Å². The zero-order valence-electron chi connectivity index (χ0n) is 21.9. The molecule has 0 aromatic heterocycles. The number of rotatable bonds is 9. The molecule has 0 spiro atoms. The van der Waals surface area contributed by atoms with Crippen molar-refractivity contribution in [3.8, 4) is 5.75 Å².